The summed E-state index contributed by atoms with van der Waals surface area (Å²) in [4.78, 5) is 17.2. The molecule has 1 unspecified atom stereocenters. The van der Waals surface area contributed by atoms with E-state index in [4.69, 9.17) is 0 Å². The number of hydrogen-bond donors (Lipinski definition) is 2. The number of unbranched alkanes of at least 4 members (excludes halogenated alkanes) is 1. The molecular weight excluding hydrogens is 369 g/mol. The van der Waals surface area contributed by atoms with Gasteiger partial charge in [0.05, 0.1) is 4.90 Å². The van der Waals surface area contributed by atoms with Crippen LogP contribution in [0.4, 0.5) is 10.1 Å². The van der Waals surface area contributed by atoms with Gasteiger partial charge in [0.1, 0.15) is 17.7 Å². The fourth-order valence-corrected chi connectivity index (χ4v) is 4.04. The number of amidine groups is 1. The van der Waals surface area contributed by atoms with Crippen LogP contribution in [-0.4, -0.2) is 26.2 Å². The van der Waals surface area contributed by atoms with E-state index in [9.17, 15) is 17.6 Å². The lowest BCUT2D eigenvalue weighted by Crippen LogP contribution is -2.30. The molecule has 0 spiro atoms. The number of benzene rings is 2. The van der Waals surface area contributed by atoms with E-state index in [1.54, 1.807) is 18.2 Å². The number of rotatable bonds is 6. The SMILES string of the molecule is CCCCC(N=C1NS(=O)(=O)c2ccccc21)C(=O)Nc1ccc(F)cc1. The zero-order valence-electron chi connectivity index (χ0n) is 14.8. The van der Waals surface area contributed by atoms with E-state index >= 15 is 0 Å². The monoisotopic (exact) mass is 389 g/mol. The van der Waals surface area contributed by atoms with Crippen molar-refractivity contribution in [3.05, 3.63) is 59.9 Å². The quantitative estimate of drug-likeness (QED) is 0.796. The number of carbonyl (C=O) groups is 1. The van der Waals surface area contributed by atoms with Crippen LogP contribution < -0.4 is 10.0 Å². The number of nitrogens with zero attached hydrogens (tertiary/aromatic N) is 1. The lowest BCUT2D eigenvalue weighted by molar-refractivity contribution is -0.117. The highest BCUT2D eigenvalue weighted by Gasteiger charge is 2.31. The molecule has 0 bridgehead atoms. The van der Waals surface area contributed by atoms with Crippen LogP contribution in [0.25, 0.3) is 0 Å². The molecule has 27 heavy (non-hydrogen) atoms. The fraction of sp³-hybridized carbons (Fsp3) is 0.263. The Hall–Kier alpha value is -2.74. The van der Waals surface area contributed by atoms with E-state index in [-0.39, 0.29) is 16.6 Å². The molecule has 142 valence electrons. The number of nitrogens with one attached hydrogen (secondary N) is 2. The van der Waals surface area contributed by atoms with Crippen molar-refractivity contribution in [2.75, 3.05) is 5.32 Å². The molecule has 0 aliphatic carbocycles. The Morgan fingerprint density at radius 3 is 2.59 bits per heavy atom. The number of sulfonamides is 1. The summed E-state index contributed by atoms with van der Waals surface area (Å²) in [6.07, 6.45) is 2.09. The summed E-state index contributed by atoms with van der Waals surface area (Å²) in [6, 6.07) is 11.2. The summed E-state index contributed by atoms with van der Waals surface area (Å²) in [5, 5.41) is 2.71. The van der Waals surface area contributed by atoms with Crippen LogP contribution in [0.3, 0.4) is 0 Å². The van der Waals surface area contributed by atoms with Crippen LogP contribution in [0.1, 0.15) is 31.7 Å². The second kappa shape index (κ2) is 7.87. The molecule has 2 aromatic carbocycles. The van der Waals surface area contributed by atoms with Crippen LogP contribution >= 0.6 is 0 Å². The van der Waals surface area contributed by atoms with Crippen molar-refractivity contribution in [2.45, 2.75) is 37.1 Å². The van der Waals surface area contributed by atoms with E-state index in [2.05, 4.69) is 15.0 Å². The lowest BCUT2D eigenvalue weighted by atomic mass is 10.1. The van der Waals surface area contributed by atoms with Gasteiger partial charge in [-0.1, -0.05) is 31.9 Å². The molecule has 1 aliphatic rings. The van der Waals surface area contributed by atoms with Gasteiger partial charge in [0.2, 0.25) is 5.91 Å². The third-order valence-corrected chi connectivity index (χ3v) is 5.59. The Balaban J connectivity index is 1.88. The Morgan fingerprint density at radius 1 is 1.19 bits per heavy atom. The molecule has 1 atom stereocenters. The van der Waals surface area contributed by atoms with E-state index in [1.165, 1.54) is 30.3 Å². The third-order valence-electron chi connectivity index (χ3n) is 4.19. The van der Waals surface area contributed by atoms with Crippen LogP contribution in [0, 0.1) is 5.82 Å². The maximum Gasteiger partial charge on any atom is 0.263 e. The minimum absolute atomic E-state index is 0.150. The number of fused-ring (bicyclic) bond motifs is 1. The first-order valence-corrected chi connectivity index (χ1v) is 10.2. The van der Waals surface area contributed by atoms with Crippen molar-refractivity contribution in [3.8, 4) is 0 Å². The molecule has 1 amide bonds. The van der Waals surface area contributed by atoms with E-state index in [0.717, 1.165) is 12.8 Å². The van der Waals surface area contributed by atoms with Crippen LogP contribution in [0.5, 0.6) is 0 Å². The van der Waals surface area contributed by atoms with Gasteiger partial charge in [0.15, 0.2) is 0 Å². The standard InChI is InChI=1S/C19H20FN3O3S/c1-2-3-7-16(19(24)21-14-11-9-13(20)10-12-14)22-18-15-6-4-5-8-17(15)27(25,26)23-18/h4-6,8-12,16H,2-3,7H2,1H3,(H,21,24)(H,22,23). The summed E-state index contributed by atoms with van der Waals surface area (Å²) < 4.78 is 39.9. The largest absolute Gasteiger partial charge is 0.324 e. The Kier molecular flexibility index (Phi) is 5.55. The maximum atomic E-state index is 13.0. The topological polar surface area (TPSA) is 87.6 Å². The Morgan fingerprint density at radius 2 is 1.89 bits per heavy atom. The molecule has 0 saturated heterocycles. The second-order valence-corrected chi connectivity index (χ2v) is 7.88. The predicted molar refractivity (Wildman–Crippen MR) is 102 cm³/mol. The number of aliphatic imine (C=N–C) groups is 1. The van der Waals surface area contributed by atoms with Crippen molar-refractivity contribution < 1.29 is 17.6 Å². The first kappa shape index (κ1) is 19.0. The molecular formula is C19H20FN3O3S. The molecule has 8 heteroatoms. The van der Waals surface area contributed by atoms with Crippen molar-refractivity contribution in [2.24, 2.45) is 4.99 Å². The van der Waals surface area contributed by atoms with Crippen LogP contribution in [0.2, 0.25) is 0 Å². The van der Waals surface area contributed by atoms with Crippen molar-refractivity contribution >= 4 is 27.5 Å². The smallest absolute Gasteiger partial charge is 0.263 e. The summed E-state index contributed by atoms with van der Waals surface area (Å²) in [6.45, 7) is 2.00. The highest BCUT2D eigenvalue weighted by molar-refractivity contribution is 7.90. The van der Waals surface area contributed by atoms with Gasteiger partial charge in [-0.25, -0.2) is 12.8 Å². The zero-order chi connectivity index (χ0) is 19.4. The summed E-state index contributed by atoms with van der Waals surface area (Å²) >= 11 is 0. The number of hydrogen-bond acceptors (Lipinski definition) is 4. The van der Waals surface area contributed by atoms with Gasteiger partial charge in [0, 0.05) is 11.3 Å². The molecule has 0 saturated carbocycles. The van der Waals surface area contributed by atoms with Crippen molar-refractivity contribution in [1.82, 2.24) is 4.72 Å². The first-order valence-electron chi connectivity index (χ1n) is 8.67. The number of carbonyl (C=O) groups excluding carboxylic acids is 1. The van der Waals surface area contributed by atoms with E-state index in [1.807, 2.05) is 6.92 Å². The normalized spacial score (nSPS) is 17.2. The van der Waals surface area contributed by atoms with Gasteiger partial charge < -0.3 is 5.32 Å². The molecule has 2 aromatic rings. The average Bonchev–Trinajstić information content (AvgIpc) is 2.91. The third kappa shape index (κ3) is 4.33. The lowest BCUT2D eigenvalue weighted by Gasteiger charge is -2.14. The van der Waals surface area contributed by atoms with E-state index < -0.39 is 21.9 Å². The minimum Gasteiger partial charge on any atom is -0.324 e. The fourth-order valence-electron chi connectivity index (χ4n) is 2.80. The van der Waals surface area contributed by atoms with Gasteiger partial charge in [-0.05, 0) is 42.8 Å². The number of anilines is 1. The summed E-state index contributed by atoms with van der Waals surface area (Å²) in [7, 11) is -3.66. The Bertz CT molecular complexity index is 972. The minimum atomic E-state index is -3.66. The molecule has 2 N–H and O–H groups in total. The molecule has 0 fully saturated rings. The molecule has 6 nitrogen and oxygen atoms in total. The zero-order valence-corrected chi connectivity index (χ0v) is 15.6. The van der Waals surface area contributed by atoms with E-state index in [0.29, 0.717) is 17.7 Å². The summed E-state index contributed by atoms with van der Waals surface area (Å²) in [5.41, 5.74) is 0.907. The molecule has 1 aliphatic heterocycles. The average molecular weight is 389 g/mol. The van der Waals surface area contributed by atoms with Crippen LogP contribution in [0.15, 0.2) is 58.4 Å². The highest BCUT2D eigenvalue weighted by atomic mass is 32.2. The molecule has 0 aromatic heterocycles. The summed E-state index contributed by atoms with van der Waals surface area (Å²) in [5.74, 6) is -0.597. The van der Waals surface area contributed by atoms with Gasteiger partial charge in [-0.15, -0.1) is 0 Å². The van der Waals surface area contributed by atoms with Crippen LogP contribution in [-0.2, 0) is 14.8 Å². The maximum absolute atomic E-state index is 13.0. The predicted octanol–water partition coefficient (Wildman–Crippen LogP) is 3.06. The number of amides is 1. The molecule has 3 rings (SSSR count). The highest BCUT2D eigenvalue weighted by Crippen LogP contribution is 2.23. The molecule has 0 radical (unpaired) electrons. The molecule has 1 heterocycles. The first-order chi connectivity index (χ1) is 12.9. The van der Waals surface area contributed by atoms with Gasteiger partial charge >= 0.3 is 0 Å². The number of halogens is 1. The van der Waals surface area contributed by atoms with Gasteiger partial charge in [-0.3, -0.25) is 14.5 Å². The van der Waals surface area contributed by atoms with Crippen molar-refractivity contribution in [3.63, 3.8) is 0 Å². The Labute approximate surface area is 157 Å². The van der Waals surface area contributed by atoms with Crippen molar-refractivity contribution in [1.29, 1.82) is 0 Å². The second-order valence-electron chi connectivity index (χ2n) is 6.23. The van der Waals surface area contributed by atoms with Gasteiger partial charge in [0.25, 0.3) is 10.0 Å². The van der Waals surface area contributed by atoms with Gasteiger partial charge in [-0.2, -0.15) is 0 Å².